The van der Waals surface area contributed by atoms with Crippen LogP contribution in [0.3, 0.4) is 0 Å². The summed E-state index contributed by atoms with van der Waals surface area (Å²) in [7, 11) is 0. The molecule has 1 rings (SSSR count). The number of hydrogen-bond donors (Lipinski definition) is 2. The maximum atomic E-state index is 9.28. The predicted molar refractivity (Wildman–Crippen MR) is 45.1 cm³/mol. The molecule has 4 nitrogen and oxygen atoms in total. The van der Waals surface area contributed by atoms with Crippen LogP contribution >= 0.6 is 0 Å². The highest BCUT2D eigenvalue weighted by Gasteiger charge is 2.18. The number of rotatable bonds is 6. The lowest BCUT2D eigenvalue weighted by Crippen LogP contribution is -2.49. The van der Waals surface area contributed by atoms with E-state index < -0.39 is 6.10 Å². The summed E-state index contributed by atoms with van der Waals surface area (Å²) < 4.78 is 10.4. The van der Waals surface area contributed by atoms with E-state index in [0.717, 1.165) is 13.1 Å². The average molecular weight is 175 g/mol. The van der Waals surface area contributed by atoms with Gasteiger partial charge in [0.05, 0.1) is 19.3 Å². The van der Waals surface area contributed by atoms with E-state index in [-0.39, 0.29) is 0 Å². The van der Waals surface area contributed by atoms with Gasteiger partial charge in [-0.15, -0.1) is 0 Å². The lowest BCUT2D eigenvalue weighted by molar-refractivity contribution is -0.0557. The molecule has 2 N–H and O–H groups in total. The Morgan fingerprint density at radius 1 is 1.50 bits per heavy atom. The summed E-state index contributed by atoms with van der Waals surface area (Å²) in [6.45, 7) is 5.11. The molecular weight excluding hydrogens is 158 g/mol. The van der Waals surface area contributed by atoms with E-state index in [4.69, 9.17) is 9.47 Å². The maximum absolute atomic E-state index is 9.28. The van der Waals surface area contributed by atoms with Crippen molar-refractivity contribution < 1.29 is 14.6 Å². The van der Waals surface area contributed by atoms with Crippen LogP contribution in [-0.4, -0.2) is 50.2 Å². The van der Waals surface area contributed by atoms with E-state index in [0.29, 0.717) is 25.9 Å². The Morgan fingerprint density at radius 3 is 2.75 bits per heavy atom. The minimum absolute atomic E-state index is 0.293. The number of aliphatic hydroxyl groups excluding tert-OH is 1. The van der Waals surface area contributed by atoms with E-state index >= 15 is 0 Å². The molecule has 72 valence electrons. The molecule has 1 saturated heterocycles. The lowest BCUT2D eigenvalue weighted by atomic mass is 10.2. The molecule has 12 heavy (non-hydrogen) atoms. The van der Waals surface area contributed by atoms with Gasteiger partial charge in [0.15, 0.2) is 0 Å². The van der Waals surface area contributed by atoms with Gasteiger partial charge in [0.2, 0.25) is 0 Å². The Hall–Kier alpha value is -0.160. The van der Waals surface area contributed by atoms with Crippen LogP contribution in [0, 0.1) is 0 Å². The van der Waals surface area contributed by atoms with Gasteiger partial charge >= 0.3 is 0 Å². The zero-order valence-corrected chi connectivity index (χ0v) is 7.45. The summed E-state index contributed by atoms with van der Waals surface area (Å²) in [6.07, 6.45) is -0.188. The Labute approximate surface area is 72.9 Å². The van der Waals surface area contributed by atoms with Crippen LogP contribution in [0.15, 0.2) is 0 Å². The number of ether oxygens (including phenoxy) is 2. The fourth-order valence-corrected chi connectivity index (χ4v) is 0.929. The second-order valence-corrected chi connectivity index (χ2v) is 2.93. The van der Waals surface area contributed by atoms with Gasteiger partial charge in [-0.25, -0.2) is 0 Å². The van der Waals surface area contributed by atoms with Crippen LogP contribution in [-0.2, 0) is 9.47 Å². The number of hydrogen-bond acceptors (Lipinski definition) is 4. The standard InChI is InChI=1S/C8H17NO3/c1-2-11-5-7(10)6-12-8-3-9-4-8/h7-10H,2-6H2,1H3. The molecule has 0 saturated carbocycles. The molecular formula is C8H17NO3. The van der Waals surface area contributed by atoms with Crippen molar-refractivity contribution in [3.8, 4) is 0 Å². The minimum atomic E-state index is -0.481. The zero-order valence-electron chi connectivity index (χ0n) is 7.45. The fraction of sp³-hybridized carbons (Fsp3) is 1.00. The van der Waals surface area contributed by atoms with E-state index in [1.54, 1.807) is 0 Å². The summed E-state index contributed by atoms with van der Waals surface area (Å²) in [4.78, 5) is 0. The number of aliphatic hydroxyl groups is 1. The summed E-state index contributed by atoms with van der Waals surface area (Å²) in [5.41, 5.74) is 0. The zero-order chi connectivity index (χ0) is 8.81. The van der Waals surface area contributed by atoms with E-state index in [1.807, 2.05) is 6.92 Å². The van der Waals surface area contributed by atoms with E-state index in [9.17, 15) is 5.11 Å². The van der Waals surface area contributed by atoms with Crippen LogP contribution < -0.4 is 5.32 Å². The number of nitrogens with one attached hydrogen (secondary N) is 1. The molecule has 1 aliphatic rings. The summed E-state index contributed by atoms with van der Waals surface area (Å²) >= 11 is 0. The molecule has 0 aromatic rings. The van der Waals surface area contributed by atoms with Crippen molar-refractivity contribution in [2.24, 2.45) is 0 Å². The maximum Gasteiger partial charge on any atom is 0.101 e. The highest BCUT2D eigenvalue weighted by molar-refractivity contribution is 4.75. The van der Waals surface area contributed by atoms with Gasteiger partial charge in [-0.1, -0.05) is 0 Å². The molecule has 0 aromatic carbocycles. The van der Waals surface area contributed by atoms with Gasteiger partial charge in [0, 0.05) is 19.7 Å². The molecule has 4 heteroatoms. The highest BCUT2D eigenvalue weighted by Crippen LogP contribution is 1.99. The van der Waals surface area contributed by atoms with Crippen molar-refractivity contribution in [1.82, 2.24) is 5.32 Å². The molecule has 1 heterocycles. The molecule has 0 bridgehead atoms. The first-order valence-corrected chi connectivity index (χ1v) is 4.41. The second kappa shape index (κ2) is 5.48. The highest BCUT2D eigenvalue weighted by atomic mass is 16.5. The van der Waals surface area contributed by atoms with Gasteiger partial charge in [0.1, 0.15) is 6.10 Å². The van der Waals surface area contributed by atoms with Crippen LogP contribution in [0.25, 0.3) is 0 Å². The molecule has 0 radical (unpaired) electrons. The van der Waals surface area contributed by atoms with Crippen LogP contribution in [0.5, 0.6) is 0 Å². The Morgan fingerprint density at radius 2 is 2.25 bits per heavy atom. The summed E-state index contributed by atoms with van der Waals surface area (Å²) in [5.74, 6) is 0. The Kier molecular flexibility index (Phi) is 4.53. The molecule has 1 aliphatic heterocycles. The first-order valence-electron chi connectivity index (χ1n) is 4.41. The minimum Gasteiger partial charge on any atom is -0.388 e. The van der Waals surface area contributed by atoms with Gasteiger partial charge in [-0.3, -0.25) is 0 Å². The molecule has 0 aromatic heterocycles. The van der Waals surface area contributed by atoms with E-state index in [1.165, 1.54) is 0 Å². The molecule has 0 spiro atoms. The summed E-state index contributed by atoms with van der Waals surface area (Å²) in [6, 6.07) is 0. The summed E-state index contributed by atoms with van der Waals surface area (Å²) in [5, 5.41) is 12.4. The van der Waals surface area contributed by atoms with Crippen molar-refractivity contribution in [1.29, 1.82) is 0 Å². The first kappa shape index (κ1) is 9.92. The predicted octanol–water partition coefficient (Wildman–Crippen LogP) is -0.628. The molecule has 1 fully saturated rings. The van der Waals surface area contributed by atoms with Crippen LogP contribution in [0.4, 0.5) is 0 Å². The van der Waals surface area contributed by atoms with Crippen molar-refractivity contribution in [2.75, 3.05) is 32.9 Å². The Bertz CT molecular complexity index is 117. The molecule has 0 aliphatic carbocycles. The van der Waals surface area contributed by atoms with Crippen molar-refractivity contribution in [3.63, 3.8) is 0 Å². The largest absolute Gasteiger partial charge is 0.388 e. The molecule has 1 unspecified atom stereocenters. The third-order valence-corrected chi connectivity index (χ3v) is 1.78. The first-order chi connectivity index (χ1) is 5.83. The SMILES string of the molecule is CCOCC(O)COC1CNC1. The third-order valence-electron chi connectivity index (χ3n) is 1.78. The second-order valence-electron chi connectivity index (χ2n) is 2.93. The Balaban J connectivity index is 1.90. The van der Waals surface area contributed by atoms with Crippen molar-refractivity contribution >= 4 is 0 Å². The van der Waals surface area contributed by atoms with Crippen molar-refractivity contribution in [3.05, 3.63) is 0 Å². The van der Waals surface area contributed by atoms with Crippen molar-refractivity contribution in [2.45, 2.75) is 19.1 Å². The van der Waals surface area contributed by atoms with Crippen LogP contribution in [0.1, 0.15) is 6.92 Å². The quantitative estimate of drug-likeness (QED) is 0.564. The smallest absolute Gasteiger partial charge is 0.101 e. The normalized spacial score (nSPS) is 20.5. The molecule has 0 amide bonds. The van der Waals surface area contributed by atoms with E-state index in [2.05, 4.69) is 5.32 Å². The lowest BCUT2D eigenvalue weighted by Gasteiger charge is -2.28. The van der Waals surface area contributed by atoms with Gasteiger partial charge in [-0.05, 0) is 6.92 Å². The fourth-order valence-electron chi connectivity index (χ4n) is 0.929. The molecule has 1 atom stereocenters. The van der Waals surface area contributed by atoms with Gasteiger partial charge in [0.25, 0.3) is 0 Å². The van der Waals surface area contributed by atoms with Gasteiger partial charge < -0.3 is 19.9 Å². The third kappa shape index (κ3) is 3.49. The average Bonchev–Trinajstić information content (AvgIpc) is 1.98. The monoisotopic (exact) mass is 175 g/mol. The van der Waals surface area contributed by atoms with Gasteiger partial charge in [-0.2, -0.15) is 0 Å². The topological polar surface area (TPSA) is 50.7 Å². The van der Waals surface area contributed by atoms with Crippen LogP contribution in [0.2, 0.25) is 0 Å².